The fourth-order valence-corrected chi connectivity index (χ4v) is 2.52. The van der Waals surface area contributed by atoms with E-state index in [0.29, 0.717) is 24.7 Å². The van der Waals surface area contributed by atoms with E-state index in [0.717, 1.165) is 12.0 Å². The first-order valence-corrected chi connectivity index (χ1v) is 8.65. The number of guanidine groups is 1. The first kappa shape index (κ1) is 23.9. The zero-order valence-corrected chi connectivity index (χ0v) is 18.4. The van der Waals surface area contributed by atoms with Crippen LogP contribution >= 0.6 is 24.0 Å². The summed E-state index contributed by atoms with van der Waals surface area (Å²) in [6.07, 6.45) is 4.55. The Labute approximate surface area is 180 Å². The summed E-state index contributed by atoms with van der Waals surface area (Å²) in [6.45, 7) is 0.127. The van der Waals surface area contributed by atoms with Crippen LogP contribution in [0.5, 0.6) is 11.5 Å². The number of aromatic nitrogens is 2. The van der Waals surface area contributed by atoms with Crippen molar-refractivity contribution in [3.8, 4) is 11.5 Å². The maximum atomic E-state index is 12.8. The molecule has 1 heterocycles. The van der Waals surface area contributed by atoms with Crippen LogP contribution in [0.4, 0.5) is 8.78 Å². The van der Waals surface area contributed by atoms with Gasteiger partial charge in [-0.25, -0.2) is 0 Å². The quantitative estimate of drug-likeness (QED) is 0.309. The molecule has 1 aromatic heterocycles. The molecule has 0 fully saturated rings. The third kappa shape index (κ3) is 7.49. The third-order valence-electron chi connectivity index (χ3n) is 3.70. The van der Waals surface area contributed by atoms with Crippen molar-refractivity contribution in [1.82, 2.24) is 20.4 Å². The molecule has 0 saturated carbocycles. The van der Waals surface area contributed by atoms with Crippen molar-refractivity contribution in [3.63, 3.8) is 0 Å². The van der Waals surface area contributed by atoms with Gasteiger partial charge >= 0.3 is 6.61 Å². The van der Waals surface area contributed by atoms with Crippen LogP contribution in [0.25, 0.3) is 0 Å². The smallest absolute Gasteiger partial charge is 0.387 e. The van der Waals surface area contributed by atoms with Crippen LogP contribution < -0.4 is 20.1 Å². The van der Waals surface area contributed by atoms with E-state index in [1.54, 1.807) is 36.9 Å². The number of rotatable bonds is 9. The van der Waals surface area contributed by atoms with Gasteiger partial charge in [0.15, 0.2) is 17.5 Å². The number of nitrogens with one attached hydrogen (secondary N) is 2. The van der Waals surface area contributed by atoms with Gasteiger partial charge in [0.1, 0.15) is 0 Å². The number of aryl methyl sites for hydroxylation is 1. The molecule has 0 atom stereocenters. The molecule has 0 amide bonds. The lowest BCUT2D eigenvalue weighted by molar-refractivity contribution is -0.0520. The molecular formula is C18H26F2IN5O2. The Morgan fingerprint density at radius 1 is 1.32 bits per heavy atom. The van der Waals surface area contributed by atoms with Gasteiger partial charge in [-0.15, -0.1) is 24.0 Å². The second-order valence-electron chi connectivity index (χ2n) is 5.68. The molecule has 28 heavy (non-hydrogen) atoms. The van der Waals surface area contributed by atoms with Gasteiger partial charge in [0.25, 0.3) is 0 Å². The zero-order chi connectivity index (χ0) is 19.6. The Kier molecular flexibility index (Phi) is 10.6. The molecule has 1 aromatic carbocycles. The molecule has 156 valence electrons. The van der Waals surface area contributed by atoms with Gasteiger partial charge in [0, 0.05) is 38.9 Å². The van der Waals surface area contributed by atoms with Gasteiger partial charge in [0.2, 0.25) is 0 Å². The SMILES string of the molecule is CCOc1cccc(CNC(=NC)NCCc2cnn(C)c2)c1OC(F)F.I. The predicted octanol–water partition coefficient (Wildman–Crippen LogP) is 2.95. The average Bonchev–Trinajstić information content (AvgIpc) is 3.05. The molecule has 0 aliphatic heterocycles. The van der Waals surface area contributed by atoms with Crippen molar-refractivity contribution in [1.29, 1.82) is 0 Å². The monoisotopic (exact) mass is 509 g/mol. The molecule has 10 heteroatoms. The fourth-order valence-electron chi connectivity index (χ4n) is 2.52. The molecule has 0 aliphatic carbocycles. The molecule has 2 aromatic rings. The van der Waals surface area contributed by atoms with Gasteiger partial charge in [-0.1, -0.05) is 12.1 Å². The van der Waals surface area contributed by atoms with Crippen molar-refractivity contribution >= 4 is 29.9 Å². The maximum Gasteiger partial charge on any atom is 0.387 e. The number of halogens is 3. The number of aliphatic imine (C=N–C) groups is 1. The standard InChI is InChI=1S/C18H25F2N5O2.HI/c1-4-26-15-7-5-6-14(16(15)27-17(19)20)11-23-18(21-2)22-9-8-13-10-24-25(3)12-13;/h5-7,10,12,17H,4,8-9,11H2,1-3H3,(H2,21,22,23);1H. The minimum Gasteiger partial charge on any atom is -0.490 e. The van der Waals surface area contributed by atoms with E-state index in [4.69, 9.17) is 4.74 Å². The molecular weight excluding hydrogens is 483 g/mol. The number of nitrogens with zero attached hydrogens (tertiary/aromatic N) is 3. The Hall–Kier alpha value is -2.11. The van der Waals surface area contributed by atoms with Crippen LogP contribution in [0.15, 0.2) is 35.6 Å². The lowest BCUT2D eigenvalue weighted by atomic mass is 10.2. The Morgan fingerprint density at radius 3 is 2.71 bits per heavy atom. The number of hydrogen-bond donors (Lipinski definition) is 2. The Morgan fingerprint density at radius 2 is 2.11 bits per heavy atom. The Balaban J connectivity index is 0.00000392. The van der Waals surface area contributed by atoms with Gasteiger partial charge in [0.05, 0.1) is 12.8 Å². The molecule has 2 rings (SSSR count). The van der Waals surface area contributed by atoms with Crippen molar-refractivity contribution in [2.45, 2.75) is 26.5 Å². The van der Waals surface area contributed by atoms with Gasteiger partial charge in [-0.3, -0.25) is 9.67 Å². The lowest BCUT2D eigenvalue weighted by Gasteiger charge is -2.17. The second kappa shape index (κ2) is 12.4. The van der Waals surface area contributed by atoms with Gasteiger partial charge < -0.3 is 20.1 Å². The van der Waals surface area contributed by atoms with E-state index in [2.05, 4.69) is 25.5 Å². The fraction of sp³-hybridized carbons (Fsp3) is 0.444. The van der Waals surface area contributed by atoms with E-state index >= 15 is 0 Å². The van der Waals surface area contributed by atoms with E-state index in [1.165, 1.54) is 0 Å². The number of benzene rings is 1. The first-order chi connectivity index (χ1) is 13.0. The number of para-hydroxylation sites is 1. The molecule has 0 saturated heterocycles. The van der Waals surface area contributed by atoms with E-state index < -0.39 is 6.61 Å². The highest BCUT2D eigenvalue weighted by Gasteiger charge is 2.16. The van der Waals surface area contributed by atoms with Crippen LogP contribution in [0.2, 0.25) is 0 Å². The first-order valence-electron chi connectivity index (χ1n) is 8.65. The number of alkyl halides is 2. The minimum atomic E-state index is -2.93. The van der Waals surface area contributed by atoms with Gasteiger partial charge in [-0.2, -0.15) is 13.9 Å². The summed E-state index contributed by atoms with van der Waals surface area (Å²) in [6, 6.07) is 5.04. The maximum absolute atomic E-state index is 12.8. The lowest BCUT2D eigenvalue weighted by Crippen LogP contribution is -2.38. The van der Waals surface area contributed by atoms with Crippen LogP contribution in [-0.4, -0.2) is 42.6 Å². The normalized spacial score (nSPS) is 11.1. The predicted molar refractivity (Wildman–Crippen MR) is 115 cm³/mol. The molecule has 7 nitrogen and oxygen atoms in total. The summed E-state index contributed by atoms with van der Waals surface area (Å²) in [5.74, 6) is 0.882. The largest absolute Gasteiger partial charge is 0.490 e. The summed E-state index contributed by atoms with van der Waals surface area (Å²) in [5, 5.41) is 10.4. The van der Waals surface area contributed by atoms with Crippen LogP contribution in [-0.2, 0) is 20.0 Å². The molecule has 0 aliphatic rings. The third-order valence-corrected chi connectivity index (χ3v) is 3.70. The minimum absolute atomic E-state index is 0. The molecule has 0 unspecified atom stereocenters. The van der Waals surface area contributed by atoms with E-state index in [9.17, 15) is 8.78 Å². The van der Waals surface area contributed by atoms with Crippen molar-refractivity contribution in [3.05, 3.63) is 41.7 Å². The molecule has 0 radical (unpaired) electrons. The average molecular weight is 509 g/mol. The molecule has 2 N–H and O–H groups in total. The topological polar surface area (TPSA) is 72.7 Å². The zero-order valence-electron chi connectivity index (χ0n) is 16.1. The van der Waals surface area contributed by atoms with Crippen LogP contribution in [0.1, 0.15) is 18.1 Å². The van der Waals surface area contributed by atoms with Crippen LogP contribution in [0.3, 0.4) is 0 Å². The van der Waals surface area contributed by atoms with Crippen molar-refractivity contribution in [2.24, 2.45) is 12.0 Å². The van der Waals surface area contributed by atoms with E-state index in [-0.39, 0.29) is 42.0 Å². The summed E-state index contributed by atoms with van der Waals surface area (Å²) in [5.41, 5.74) is 1.66. The van der Waals surface area contributed by atoms with Crippen molar-refractivity contribution in [2.75, 3.05) is 20.2 Å². The second-order valence-corrected chi connectivity index (χ2v) is 5.68. The van der Waals surface area contributed by atoms with E-state index in [1.807, 2.05) is 19.4 Å². The van der Waals surface area contributed by atoms with Crippen molar-refractivity contribution < 1.29 is 18.3 Å². The Bertz CT molecular complexity index is 755. The summed E-state index contributed by atoms with van der Waals surface area (Å²) in [4.78, 5) is 4.14. The summed E-state index contributed by atoms with van der Waals surface area (Å²) in [7, 11) is 3.51. The summed E-state index contributed by atoms with van der Waals surface area (Å²) >= 11 is 0. The highest BCUT2D eigenvalue weighted by atomic mass is 127. The number of ether oxygens (including phenoxy) is 2. The van der Waals surface area contributed by atoms with Crippen LogP contribution in [0, 0.1) is 0 Å². The number of hydrogen-bond acceptors (Lipinski definition) is 4. The highest BCUT2D eigenvalue weighted by molar-refractivity contribution is 14.0. The molecule has 0 spiro atoms. The summed E-state index contributed by atoms with van der Waals surface area (Å²) < 4.78 is 37.4. The highest BCUT2D eigenvalue weighted by Crippen LogP contribution is 2.32. The van der Waals surface area contributed by atoms with Gasteiger partial charge in [-0.05, 0) is 25.0 Å². The molecule has 0 bridgehead atoms.